The molecule has 0 radical (unpaired) electrons. The Morgan fingerprint density at radius 2 is 1.75 bits per heavy atom. The van der Waals surface area contributed by atoms with Gasteiger partial charge in [0.2, 0.25) is 0 Å². The molecule has 0 amide bonds. The van der Waals surface area contributed by atoms with E-state index < -0.39 is 5.97 Å². The van der Waals surface area contributed by atoms with E-state index >= 15 is 0 Å². The highest BCUT2D eigenvalue weighted by Gasteiger charge is 2.08. The second-order valence-electron chi connectivity index (χ2n) is 3.97. The van der Waals surface area contributed by atoms with Crippen LogP contribution in [0, 0.1) is 5.82 Å². The Kier molecular flexibility index (Phi) is 4.10. The van der Waals surface area contributed by atoms with Crippen molar-refractivity contribution < 1.29 is 23.5 Å². The molecule has 0 bridgehead atoms. The Morgan fingerprint density at radius 3 is 2.35 bits per heavy atom. The molecule has 0 aliphatic rings. The van der Waals surface area contributed by atoms with Crippen LogP contribution in [0.4, 0.5) is 4.39 Å². The molecule has 102 valence electrons. The van der Waals surface area contributed by atoms with E-state index in [0.717, 1.165) is 0 Å². The second-order valence-corrected chi connectivity index (χ2v) is 3.97. The van der Waals surface area contributed by atoms with Crippen LogP contribution in [0.2, 0.25) is 0 Å². The standard InChI is InChI=1S/C15H11FO4/c1-10(18)19-15-8-14(5-2-11(15)9-17)20-13-6-3-12(16)4-7-13/h2-9H,1H3. The highest BCUT2D eigenvalue weighted by Crippen LogP contribution is 2.28. The fourth-order valence-corrected chi connectivity index (χ4v) is 1.56. The van der Waals surface area contributed by atoms with Crippen LogP contribution in [0.1, 0.15) is 17.3 Å². The Morgan fingerprint density at radius 1 is 1.10 bits per heavy atom. The van der Waals surface area contributed by atoms with Gasteiger partial charge in [-0.25, -0.2) is 4.39 Å². The van der Waals surface area contributed by atoms with Gasteiger partial charge in [0.25, 0.3) is 0 Å². The summed E-state index contributed by atoms with van der Waals surface area (Å²) in [5.41, 5.74) is 0.242. The molecule has 5 heteroatoms. The van der Waals surface area contributed by atoms with Crippen LogP contribution in [0.25, 0.3) is 0 Å². The Labute approximate surface area is 114 Å². The topological polar surface area (TPSA) is 52.6 Å². The molecule has 20 heavy (non-hydrogen) atoms. The maximum Gasteiger partial charge on any atom is 0.308 e. The minimum Gasteiger partial charge on any atom is -0.457 e. The summed E-state index contributed by atoms with van der Waals surface area (Å²) in [4.78, 5) is 21.8. The number of ether oxygens (including phenoxy) is 2. The predicted molar refractivity (Wildman–Crippen MR) is 69.6 cm³/mol. The summed E-state index contributed by atoms with van der Waals surface area (Å²) in [5, 5.41) is 0. The van der Waals surface area contributed by atoms with Crippen LogP contribution >= 0.6 is 0 Å². The largest absolute Gasteiger partial charge is 0.457 e. The first-order chi connectivity index (χ1) is 9.58. The van der Waals surface area contributed by atoms with Gasteiger partial charge in [-0.1, -0.05) is 0 Å². The van der Waals surface area contributed by atoms with Gasteiger partial charge in [-0.05, 0) is 36.4 Å². The lowest BCUT2D eigenvalue weighted by molar-refractivity contribution is -0.131. The smallest absolute Gasteiger partial charge is 0.308 e. The average molecular weight is 274 g/mol. The highest BCUT2D eigenvalue weighted by molar-refractivity contribution is 5.82. The third-order valence-electron chi connectivity index (χ3n) is 2.42. The minimum absolute atomic E-state index is 0.118. The third-order valence-corrected chi connectivity index (χ3v) is 2.42. The second kappa shape index (κ2) is 5.97. The third kappa shape index (κ3) is 3.41. The molecule has 2 aromatic rings. The molecule has 0 aromatic heterocycles. The molecular weight excluding hydrogens is 263 g/mol. The number of carbonyl (C=O) groups is 2. The Bertz CT molecular complexity index is 635. The Balaban J connectivity index is 2.26. The molecule has 0 saturated heterocycles. The van der Waals surface area contributed by atoms with Crippen LogP contribution in [-0.2, 0) is 4.79 Å². The van der Waals surface area contributed by atoms with E-state index in [1.807, 2.05) is 0 Å². The quantitative estimate of drug-likeness (QED) is 0.487. The van der Waals surface area contributed by atoms with Crippen molar-refractivity contribution in [1.82, 2.24) is 0 Å². The van der Waals surface area contributed by atoms with Gasteiger partial charge in [-0.15, -0.1) is 0 Å². The van der Waals surface area contributed by atoms with Crippen LogP contribution in [0.15, 0.2) is 42.5 Å². The van der Waals surface area contributed by atoms with Crippen LogP contribution < -0.4 is 9.47 Å². The lowest BCUT2D eigenvalue weighted by Crippen LogP contribution is -2.03. The van der Waals surface area contributed by atoms with Crippen molar-refractivity contribution in [1.29, 1.82) is 0 Å². The maximum absolute atomic E-state index is 12.8. The fraction of sp³-hybridized carbons (Fsp3) is 0.0667. The van der Waals surface area contributed by atoms with Crippen molar-refractivity contribution in [3.63, 3.8) is 0 Å². The molecule has 4 nitrogen and oxygen atoms in total. The van der Waals surface area contributed by atoms with E-state index in [9.17, 15) is 14.0 Å². The minimum atomic E-state index is -0.535. The van der Waals surface area contributed by atoms with Crippen molar-refractivity contribution in [3.8, 4) is 17.2 Å². The van der Waals surface area contributed by atoms with Crippen LogP contribution in [-0.4, -0.2) is 12.3 Å². The first-order valence-electron chi connectivity index (χ1n) is 5.79. The van der Waals surface area contributed by atoms with Gasteiger partial charge in [0, 0.05) is 13.0 Å². The number of aldehydes is 1. The zero-order valence-electron chi connectivity index (χ0n) is 10.6. The van der Waals surface area contributed by atoms with E-state index in [1.54, 1.807) is 6.07 Å². The van der Waals surface area contributed by atoms with E-state index in [-0.39, 0.29) is 17.1 Å². The highest BCUT2D eigenvalue weighted by atomic mass is 19.1. The van der Waals surface area contributed by atoms with Crippen molar-refractivity contribution in [2.75, 3.05) is 0 Å². The van der Waals surface area contributed by atoms with Crippen LogP contribution in [0.3, 0.4) is 0 Å². The van der Waals surface area contributed by atoms with Gasteiger partial charge in [-0.3, -0.25) is 9.59 Å². The summed E-state index contributed by atoms with van der Waals surface area (Å²) in [7, 11) is 0. The number of esters is 1. The summed E-state index contributed by atoms with van der Waals surface area (Å²) < 4.78 is 23.2. The van der Waals surface area contributed by atoms with Gasteiger partial charge in [0.05, 0.1) is 5.56 Å². The lowest BCUT2D eigenvalue weighted by atomic mass is 10.2. The van der Waals surface area contributed by atoms with Crippen LogP contribution in [0.5, 0.6) is 17.2 Å². The molecule has 0 aliphatic heterocycles. The van der Waals surface area contributed by atoms with Gasteiger partial charge in [-0.2, -0.15) is 0 Å². The average Bonchev–Trinajstić information content (AvgIpc) is 2.41. The van der Waals surface area contributed by atoms with Gasteiger partial charge in [0.1, 0.15) is 23.1 Å². The van der Waals surface area contributed by atoms with Crippen molar-refractivity contribution in [2.45, 2.75) is 6.92 Å². The molecule has 0 atom stereocenters. The molecule has 2 rings (SSSR count). The molecular formula is C15H11FO4. The first kappa shape index (κ1) is 13.7. The normalized spacial score (nSPS) is 9.90. The Hall–Kier alpha value is -2.69. The maximum atomic E-state index is 12.8. The fourth-order valence-electron chi connectivity index (χ4n) is 1.56. The zero-order chi connectivity index (χ0) is 14.5. The molecule has 0 spiro atoms. The molecule has 0 unspecified atom stereocenters. The monoisotopic (exact) mass is 274 g/mol. The van der Waals surface area contributed by atoms with E-state index in [1.165, 1.54) is 43.3 Å². The lowest BCUT2D eigenvalue weighted by Gasteiger charge is -2.09. The predicted octanol–water partition coefficient (Wildman–Crippen LogP) is 3.36. The summed E-state index contributed by atoms with van der Waals surface area (Å²) in [6.45, 7) is 1.24. The van der Waals surface area contributed by atoms with Gasteiger partial charge in [0.15, 0.2) is 6.29 Å². The first-order valence-corrected chi connectivity index (χ1v) is 5.79. The zero-order valence-corrected chi connectivity index (χ0v) is 10.6. The SMILES string of the molecule is CC(=O)Oc1cc(Oc2ccc(F)cc2)ccc1C=O. The summed E-state index contributed by atoms with van der Waals surface area (Å²) in [6, 6.07) is 9.92. The van der Waals surface area contributed by atoms with E-state index in [0.29, 0.717) is 17.8 Å². The number of halogens is 1. The summed E-state index contributed by atoms with van der Waals surface area (Å²) in [6.07, 6.45) is 0.583. The van der Waals surface area contributed by atoms with E-state index in [2.05, 4.69) is 0 Å². The molecule has 0 heterocycles. The summed E-state index contributed by atoms with van der Waals surface area (Å²) in [5.74, 6) is 0.0193. The number of carbonyl (C=O) groups excluding carboxylic acids is 2. The number of benzene rings is 2. The molecule has 0 fully saturated rings. The number of hydrogen-bond donors (Lipinski definition) is 0. The van der Waals surface area contributed by atoms with Gasteiger partial charge < -0.3 is 9.47 Å². The number of rotatable bonds is 4. The van der Waals surface area contributed by atoms with Crippen molar-refractivity contribution >= 4 is 12.3 Å². The van der Waals surface area contributed by atoms with Gasteiger partial charge >= 0.3 is 5.97 Å². The molecule has 0 saturated carbocycles. The van der Waals surface area contributed by atoms with Crippen molar-refractivity contribution in [3.05, 3.63) is 53.8 Å². The molecule has 2 aromatic carbocycles. The molecule has 0 N–H and O–H groups in total. The summed E-state index contributed by atoms with van der Waals surface area (Å²) >= 11 is 0. The molecule has 0 aliphatic carbocycles. The number of hydrogen-bond acceptors (Lipinski definition) is 4. The van der Waals surface area contributed by atoms with Crippen molar-refractivity contribution in [2.24, 2.45) is 0 Å². The van der Waals surface area contributed by atoms with E-state index in [4.69, 9.17) is 9.47 Å².